The molecule has 5 aliphatic rings. The highest BCUT2D eigenvalue weighted by Crippen LogP contribution is 2.69. The van der Waals surface area contributed by atoms with Gasteiger partial charge in [-0.3, -0.25) is 19.2 Å². The molecule has 1 saturated carbocycles. The first-order chi connectivity index (χ1) is 19.4. The van der Waals surface area contributed by atoms with Gasteiger partial charge in [-0.1, -0.05) is 58.9 Å². The topological polar surface area (TPSA) is 101 Å². The minimum atomic E-state index is -1.53. The van der Waals surface area contributed by atoms with Gasteiger partial charge in [-0.05, 0) is 50.2 Å². The third kappa shape index (κ3) is 3.63. The molecular weight excluding hydrogens is 614 g/mol. The van der Waals surface area contributed by atoms with Crippen LogP contribution in [-0.4, -0.2) is 36.2 Å². The van der Waals surface area contributed by atoms with Gasteiger partial charge in [0, 0.05) is 16.9 Å². The summed E-state index contributed by atoms with van der Waals surface area (Å²) in [4.78, 5) is 72.1. The third-order valence-electron chi connectivity index (χ3n) is 9.00. The third-order valence-corrected chi connectivity index (χ3v) is 10.5. The van der Waals surface area contributed by atoms with Crippen LogP contribution in [0.1, 0.15) is 20.8 Å². The van der Waals surface area contributed by atoms with E-state index in [0.29, 0.717) is 5.57 Å². The fourth-order valence-electron chi connectivity index (χ4n) is 7.57. The summed E-state index contributed by atoms with van der Waals surface area (Å²) in [5.74, 6) is -8.05. The minimum Gasteiger partial charge on any atom is -0.463 e. The predicted octanol–water partition coefficient (Wildman–Crippen LogP) is 5.74. The number of hydrogen-bond acceptors (Lipinski definition) is 6. The molecule has 4 amide bonds. The zero-order valence-corrected chi connectivity index (χ0v) is 24.9. The van der Waals surface area contributed by atoms with Crippen LogP contribution in [0.4, 0.5) is 11.4 Å². The Morgan fingerprint density at radius 1 is 0.756 bits per heavy atom. The van der Waals surface area contributed by atoms with E-state index in [1.165, 1.54) is 36.4 Å². The number of amides is 4. The van der Waals surface area contributed by atoms with Crippen LogP contribution in [0.3, 0.4) is 0 Å². The molecule has 2 bridgehead atoms. The Morgan fingerprint density at radius 2 is 1.20 bits per heavy atom. The zero-order valence-electron chi connectivity index (χ0n) is 21.9. The highest BCUT2D eigenvalue weighted by Gasteiger charge is 2.77. The molecule has 7 rings (SSSR count). The molecular formula is C29H22Cl4N2O6. The highest BCUT2D eigenvalue weighted by molar-refractivity contribution is 6.43. The lowest BCUT2D eigenvalue weighted by atomic mass is 9.43. The number of imide groups is 2. The van der Waals surface area contributed by atoms with E-state index in [2.05, 4.69) is 0 Å². The second-order valence-corrected chi connectivity index (χ2v) is 12.4. The maximum atomic E-state index is 14.2. The molecule has 0 spiro atoms. The van der Waals surface area contributed by atoms with Crippen LogP contribution in [0, 0.1) is 35.0 Å². The molecule has 0 N–H and O–H groups in total. The van der Waals surface area contributed by atoms with Crippen molar-refractivity contribution in [1.82, 2.24) is 0 Å². The maximum absolute atomic E-state index is 14.2. The number of carbonyl (C=O) groups excluding carboxylic acids is 5. The molecule has 212 valence electrons. The summed E-state index contributed by atoms with van der Waals surface area (Å²) >= 11 is 24.6. The van der Waals surface area contributed by atoms with Crippen LogP contribution in [0.2, 0.25) is 20.1 Å². The standard InChI is InChI=1S/C29H22Cl4N2O6/c1-4-41-28(40)21-11(2)18-19-22(26(38)34(24(19)36)12-5-7-14(30)16(32)9-12)29(21,3)23-20(18)25(37)35(27(23)39)13-6-8-15(31)17(33)10-13/h5-10,18-20,22-23H,4H2,1-3H3/t18?,19-,20+,22+,23-,29?. The largest absolute Gasteiger partial charge is 0.463 e. The smallest absolute Gasteiger partial charge is 0.334 e. The Labute approximate surface area is 255 Å². The molecule has 2 saturated heterocycles. The van der Waals surface area contributed by atoms with Gasteiger partial charge in [0.2, 0.25) is 23.6 Å². The minimum absolute atomic E-state index is 0.0586. The molecule has 2 aromatic carbocycles. The van der Waals surface area contributed by atoms with Crippen LogP contribution < -0.4 is 9.80 Å². The lowest BCUT2D eigenvalue weighted by Crippen LogP contribution is -2.61. The quantitative estimate of drug-likeness (QED) is 0.314. The number of nitrogens with zero attached hydrogens (tertiary/aromatic N) is 2. The molecule has 12 heteroatoms. The van der Waals surface area contributed by atoms with Crippen molar-refractivity contribution in [2.75, 3.05) is 16.4 Å². The van der Waals surface area contributed by atoms with Crippen molar-refractivity contribution < 1.29 is 28.7 Å². The number of allylic oxidation sites excluding steroid dienone is 1. The van der Waals surface area contributed by atoms with Gasteiger partial charge in [-0.2, -0.15) is 0 Å². The molecule has 3 fully saturated rings. The summed E-state index contributed by atoms with van der Waals surface area (Å²) < 4.78 is 5.39. The average molecular weight is 636 g/mol. The van der Waals surface area contributed by atoms with E-state index in [9.17, 15) is 24.0 Å². The Bertz CT molecular complexity index is 1540. The van der Waals surface area contributed by atoms with E-state index in [4.69, 9.17) is 51.1 Å². The molecule has 2 unspecified atom stereocenters. The number of ether oxygens (including phenoxy) is 1. The van der Waals surface area contributed by atoms with Crippen molar-refractivity contribution in [1.29, 1.82) is 0 Å². The fraction of sp³-hybridized carbons (Fsp3) is 0.345. The van der Waals surface area contributed by atoms with Gasteiger partial charge in [-0.25, -0.2) is 14.6 Å². The molecule has 2 aromatic rings. The highest BCUT2D eigenvalue weighted by atomic mass is 35.5. The SMILES string of the molecule is CCOC(=O)C1=C(C)C2[C@H]3C(=O)N(c4ccc(Cl)c(Cl)c4)C(=O)[C@H]3C1(C)[C@H]1C(=O)N(c3ccc(Cl)c(Cl)c3)C(=O)[C@@H]21. The fourth-order valence-corrected chi connectivity index (χ4v) is 8.15. The maximum Gasteiger partial charge on any atom is 0.334 e. The van der Waals surface area contributed by atoms with Crippen LogP contribution >= 0.6 is 46.4 Å². The molecule has 3 aliphatic carbocycles. The van der Waals surface area contributed by atoms with Crippen molar-refractivity contribution in [3.05, 3.63) is 67.6 Å². The lowest BCUT2D eigenvalue weighted by molar-refractivity contribution is -0.155. The van der Waals surface area contributed by atoms with Gasteiger partial charge in [0.15, 0.2) is 0 Å². The van der Waals surface area contributed by atoms with Crippen molar-refractivity contribution in [2.45, 2.75) is 20.8 Å². The second kappa shape index (κ2) is 9.56. The van der Waals surface area contributed by atoms with Gasteiger partial charge in [0.1, 0.15) is 0 Å². The summed E-state index contributed by atoms with van der Waals surface area (Å²) in [6.45, 7) is 4.99. The molecule has 2 heterocycles. The second-order valence-electron chi connectivity index (χ2n) is 10.8. The van der Waals surface area contributed by atoms with Crippen LogP contribution in [0.5, 0.6) is 0 Å². The summed E-state index contributed by atoms with van der Waals surface area (Å²) in [5.41, 5.74) is -0.496. The first-order valence-corrected chi connectivity index (χ1v) is 14.4. The normalized spacial score (nSPS) is 30.4. The van der Waals surface area contributed by atoms with E-state index in [1.807, 2.05) is 0 Å². The average Bonchev–Trinajstić information content (AvgIpc) is 3.34. The van der Waals surface area contributed by atoms with Crippen LogP contribution in [0.15, 0.2) is 47.5 Å². The van der Waals surface area contributed by atoms with Crippen molar-refractivity contribution >= 4 is 87.4 Å². The molecule has 0 radical (unpaired) electrons. The summed E-state index contributed by atoms with van der Waals surface area (Å²) in [6.07, 6.45) is 0. The molecule has 0 aromatic heterocycles. The lowest BCUT2D eigenvalue weighted by Gasteiger charge is -2.55. The van der Waals surface area contributed by atoms with Gasteiger partial charge in [-0.15, -0.1) is 0 Å². The zero-order chi connectivity index (χ0) is 29.7. The number of esters is 1. The predicted molar refractivity (Wildman–Crippen MR) is 153 cm³/mol. The van der Waals surface area contributed by atoms with E-state index in [1.54, 1.807) is 20.8 Å². The molecule has 6 atom stereocenters. The van der Waals surface area contributed by atoms with E-state index >= 15 is 0 Å². The summed E-state index contributed by atoms with van der Waals surface area (Å²) in [5, 5.41) is 0.785. The number of benzene rings is 2. The summed E-state index contributed by atoms with van der Waals surface area (Å²) in [7, 11) is 0. The van der Waals surface area contributed by atoms with Crippen molar-refractivity contribution in [3.63, 3.8) is 0 Å². The number of rotatable bonds is 4. The van der Waals surface area contributed by atoms with Crippen LogP contribution in [-0.2, 0) is 28.7 Å². The van der Waals surface area contributed by atoms with Gasteiger partial charge < -0.3 is 4.74 Å². The van der Waals surface area contributed by atoms with Crippen molar-refractivity contribution in [3.8, 4) is 0 Å². The number of halogens is 4. The Balaban J connectivity index is 1.54. The number of hydrogen-bond donors (Lipinski definition) is 0. The van der Waals surface area contributed by atoms with E-state index in [0.717, 1.165) is 9.80 Å². The van der Waals surface area contributed by atoms with E-state index < -0.39 is 64.6 Å². The number of anilines is 2. The van der Waals surface area contributed by atoms with E-state index in [-0.39, 0.29) is 43.6 Å². The van der Waals surface area contributed by atoms with Gasteiger partial charge in [0.25, 0.3) is 0 Å². The first-order valence-electron chi connectivity index (χ1n) is 12.9. The Hall–Kier alpha value is -2.91. The van der Waals surface area contributed by atoms with Gasteiger partial charge in [0.05, 0.1) is 61.7 Å². The molecule has 8 nitrogen and oxygen atoms in total. The number of carbonyl (C=O) groups is 5. The van der Waals surface area contributed by atoms with Crippen molar-refractivity contribution in [2.24, 2.45) is 35.0 Å². The molecule has 41 heavy (non-hydrogen) atoms. The van der Waals surface area contributed by atoms with Gasteiger partial charge >= 0.3 is 5.97 Å². The monoisotopic (exact) mass is 634 g/mol. The summed E-state index contributed by atoms with van der Waals surface area (Å²) in [6, 6.07) is 8.78. The Morgan fingerprint density at radius 3 is 1.59 bits per heavy atom. The first kappa shape index (κ1) is 28.2. The van der Waals surface area contributed by atoms with Crippen LogP contribution in [0.25, 0.3) is 0 Å². The molecule has 2 aliphatic heterocycles. The Kier molecular flexibility index (Phi) is 6.58.